The highest BCUT2D eigenvalue weighted by Gasteiger charge is 2.04. The summed E-state index contributed by atoms with van der Waals surface area (Å²) >= 11 is 0. The monoisotopic (exact) mass is 322 g/mol. The van der Waals surface area contributed by atoms with E-state index in [1.807, 2.05) is 6.92 Å². The zero-order valence-corrected chi connectivity index (χ0v) is 14.2. The number of halogens is 1. The highest BCUT2D eigenvalue weighted by molar-refractivity contribution is 5.80. The first kappa shape index (κ1) is 18.9. The van der Waals surface area contributed by atoms with Crippen LogP contribution in [0.4, 0.5) is 4.39 Å². The van der Waals surface area contributed by atoms with Crippen molar-refractivity contribution in [1.82, 2.24) is 16.0 Å². The first-order valence-electron chi connectivity index (χ1n) is 8.11. The molecule has 0 heterocycles. The highest BCUT2D eigenvalue weighted by atomic mass is 19.1. The molecule has 0 aromatic heterocycles. The zero-order valence-electron chi connectivity index (χ0n) is 14.2. The van der Waals surface area contributed by atoms with Crippen LogP contribution in [0, 0.1) is 5.82 Å². The summed E-state index contributed by atoms with van der Waals surface area (Å²) in [5.74, 6) is 0.370. The van der Waals surface area contributed by atoms with Crippen LogP contribution in [0.15, 0.2) is 29.3 Å². The summed E-state index contributed by atoms with van der Waals surface area (Å²) in [6.45, 7) is 7.98. The summed E-state index contributed by atoms with van der Waals surface area (Å²) in [5.41, 5.74) is 0.791. The second-order valence-electron chi connectivity index (χ2n) is 5.37. The Labute approximate surface area is 137 Å². The van der Waals surface area contributed by atoms with Gasteiger partial charge >= 0.3 is 0 Å². The van der Waals surface area contributed by atoms with Gasteiger partial charge in [0.1, 0.15) is 5.82 Å². The fraction of sp³-hybridized carbons (Fsp3) is 0.529. The van der Waals surface area contributed by atoms with Gasteiger partial charge in [-0.1, -0.05) is 19.1 Å². The van der Waals surface area contributed by atoms with Gasteiger partial charge in [-0.3, -0.25) is 9.79 Å². The molecule has 1 aromatic rings. The molecule has 1 atom stereocenters. The maximum Gasteiger partial charge on any atom is 0.224 e. The van der Waals surface area contributed by atoms with Crippen molar-refractivity contribution in [2.45, 2.75) is 39.7 Å². The Morgan fingerprint density at radius 2 is 1.91 bits per heavy atom. The standard InChI is InChI=1S/C17H27FN4O/c1-4-13(3)22-17(19-5-2)21-11-10-20-16(23)12-14-6-8-15(18)9-7-14/h6-9,13H,4-5,10-12H2,1-3H3,(H,20,23)(H2,19,21,22). The van der Waals surface area contributed by atoms with E-state index in [9.17, 15) is 9.18 Å². The molecule has 6 heteroatoms. The van der Waals surface area contributed by atoms with Crippen molar-refractivity contribution < 1.29 is 9.18 Å². The van der Waals surface area contributed by atoms with Gasteiger partial charge in [0.25, 0.3) is 0 Å². The summed E-state index contributed by atoms with van der Waals surface area (Å²) in [7, 11) is 0. The van der Waals surface area contributed by atoms with Crippen molar-refractivity contribution in [1.29, 1.82) is 0 Å². The predicted molar refractivity (Wildman–Crippen MR) is 92.0 cm³/mol. The summed E-state index contributed by atoms with van der Waals surface area (Å²) in [5, 5.41) is 9.28. The van der Waals surface area contributed by atoms with Gasteiger partial charge in [-0.25, -0.2) is 4.39 Å². The second-order valence-corrected chi connectivity index (χ2v) is 5.37. The molecule has 5 nitrogen and oxygen atoms in total. The Kier molecular flexibility index (Phi) is 8.72. The van der Waals surface area contributed by atoms with E-state index in [0.29, 0.717) is 19.1 Å². The minimum Gasteiger partial charge on any atom is -0.357 e. The Morgan fingerprint density at radius 1 is 1.22 bits per heavy atom. The normalized spacial score (nSPS) is 12.6. The molecular weight excluding hydrogens is 295 g/mol. The quantitative estimate of drug-likeness (QED) is 0.389. The van der Waals surface area contributed by atoms with E-state index in [1.165, 1.54) is 12.1 Å². The first-order valence-corrected chi connectivity index (χ1v) is 8.11. The number of nitrogens with one attached hydrogen (secondary N) is 3. The molecule has 3 N–H and O–H groups in total. The van der Waals surface area contributed by atoms with Gasteiger partial charge in [0.2, 0.25) is 5.91 Å². The Balaban J connectivity index is 2.34. The topological polar surface area (TPSA) is 65.5 Å². The number of amides is 1. The Bertz CT molecular complexity index is 502. The van der Waals surface area contributed by atoms with Crippen molar-refractivity contribution in [2.75, 3.05) is 19.6 Å². The molecule has 0 radical (unpaired) electrons. The highest BCUT2D eigenvalue weighted by Crippen LogP contribution is 2.03. The van der Waals surface area contributed by atoms with Crippen molar-refractivity contribution >= 4 is 11.9 Å². The van der Waals surface area contributed by atoms with E-state index in [1.54, 1.807) is 12.1 Å². The van der Waals surface area contributed by atoms with Gasteiger partial charge in [-0.15, -0.1) is 0 Å². The van der Waals surface area contributed by atoms with Crippen LogP contribution in [0.25, 0.3) is 0 Å². The van der Waals surface area contributed by atoms with Crippen LogP contribution in [0.1, 0.15) is 32.8 Å². The summed E-state index contributed by atoms with van der Waals surface area (Å²) in [6, 6.07) is 6.30. The van der Waals surface area contributed by atoms with E-state index in [0.717, 1.165) is 24.5 Å². The second kappa shape index (κ2) is 10.6. The van der Waals surface area contributed by atoms with Crippen LogP contribution >= 0.6 is 0 Å². The van der Waals surface area contributed by atoms with E-state index >= 15 is 0 Å². The smallest absolute Gasteiger partial charge is 0.224 e. The third kappa shape index (κ3) is 8.18. The third-order valence-electron chi connectivity index (χ3n) is 3.32. The molecule has 0 spiro atoms. The van der Waals surface area contributed by atoms with Gasteiger partial charge in [0.15, 0.2) is 5.96 Å². The maximum absolute atomic E-state index is 12.8. The number of hydrogen-bond acceptors (Lipinski definition) is 2. The van der Waals surface area contributed by atoms with Crippen LogP contribution < -0.4 is 16.0 Å². The lowest BCUT2D eigenvalue weighted by atomic mass is 10.1. The van der Waals surface area contributed by atoms with Crippen molar-refractivity contribution in [2.24, 2.45) is 4.99 Å². The van der Waals surface area contributed by atoms with Crippen molar-refractivity contribution in [3.63, 3.8) is 0 Å². The number of carbonyl (C=O) groups is 1. The molecule has 0 aliphatic rings. The first-order chi connectivity index (χ1) is 11.0. The molecule has 0 fully saturated rings. The van der Waals surface area contributed by atoms with E-state index in [4.69, 9.17) is 0 Å². The average molecular weight is 322 g/mol. The molecule has 0 bridgehead atoms. The number of nitrogens with zero attached hydrogens (tertiary/aromatic N) is 1. The van der Waals surface area contributed by atoms with Gasteiger partial charge in [-0.05, 0) is 38.0 Å². The van der Waals surface area contributed by atoms with Crippen LogP contribution in [0.5, 0.6) is 0 Å². The largest absolute Gasteiger partial charge is 0.357 e. The number of carbonyl (C=O) groups excluding carboxylic acids is 1. The molecule has 1 rings (SSSR count). The predicted octanol–water partition coefficient (Wildman–Crippen LogP) is 1.84. The Hall–Kier alpha value is -2.11. The number of aliphatic imine (C=N–C) groups is 1. The van der Waals surface area contributed by atoms with Crippen LogP contribution in [0.3, 0.4) is 0 Å². The molecule has 1 aromatic carbocycles. The number of guanidine groups is 1. The minimum atomic E-state index is -0.298. The summed E-state index contributed by atoms with van der Waals surface area (Å²) in [4.78, 5) is 16.2. The minimum absolute atomic E-state index is 0.0910. The average Bonchev–Trinajstić information content (AvgIpc) is 2.53. The third-order valence-corrected chi connectivity index (χ3v) is 3.32. The van der Waals surface area contributed by atoms with E-state index in [2.05, 4.69) is 34.8 Å². The lowest BCUT2D eigenvalue weighted by Gasteiger charge is -2.16. The van der Waals surface area contributed by atoms with Gasteiger partial charge in [-0.2, -0.15) is 0 Å². The molecule has 0 aliphatic carbocycles. The molecule has 0 aliphatic heterocycles. The molecule has 0 saturated carbocycles. The number of rotatable bonds is 8. The van der Waals surface area contributed by atoms with E-state index < -0.39 is 0 Å². The summed E-state index contributed by atoms with van der Waals surface area (Å²) < 4.78 is 12.8. The molecular formula is C17H27FN4O. The van der Waals surface area contributed by atoms with Gasteiger partial charge in [0.05, 0.1) is 13.0 Å². The molecule has 1 unspecified atom stereocenters. The lowest BCUT2D eigenvalue weighted by Crippen LogP contribution is -2.42. The van der Waals surface area contributed by atoms with Crippen molar-refractivity contribution in [3.05, 3.63) is 35.6 Å². The molecule has 1 amide bonds. The molecule has 0 saturated heterocycles. The fourth-order valence-corrected chi connectivity index (χ4v) is 1.87. The SMILES string of the molecule is CCNC(=NCCNC(=O)Cc1ccc(F)cc1)NC(C)CC. The van der Waals surface area contributed by atoms with Crippen LogP contribution in [0.2, 0.25) is 0 Å². The number of hydrogen-bond donors (Lipinski definition) is 3. The maximum atomic E-state index is 12.8. The van der Waals surface area contributed by atoms with Gasteiger partial charge in [0, 0.05) is 19.1 Å². The zero-order chi connectivity index (χ0) is 17.1. The summed E-state index contributed by atoms with van der Waals surface area (Å²) in [6.07, 6.45) is 1.26. The lowest BCUT2D eigenvalue weighted by molar-refractivity contribution is -0.120. The van der Waals surface area contributed by atoms with Crippen molar-refractivity contribution in [3.8, 4) is 0 Å². The number of benzene rings is 1. The van der Waals surface area contributed by atoms with Crippen LogP contribution in [-0.2, 0) is 11.2 Å². The molecule has 23 heavy (non-hydrogen) atoms. The van der Waals surface area contributed by atoms with Gasteiger partial charge < -0.3 is 16.0 Å². The van der Waals surface area contributed by atoms with Crippen LogP contribution in [-0.4, -0.2) is 37.5 Å². The fourth-order valence-electron chi connectivity index (χ4n) is 1.87. The molecule has 128 valence electrons. The van der Waals surface area contributed by atoms with E-state index in [-0.39, 0.29) is 18.1 Å². The Morgan fingerprint density at radius 3 is 2.52 bits per heavy atom.